The fourth-order valence-corrected chi connectivity index (χ4v) is 2.80. The molecule has 2 aliphatic carbocycles. The number of carbonyl (C=O) groups excluding carboxylic acids is 1. The summed E-state index contributed by atoms with van der Waals surface area (Å²) in [4.78, 5) is 13.7. The van der Waals surface area contributed by atoms with Crippen molar-refractivity contribution >= 4 is 5.91 Å². The molecule has 0 heterocycles. The minimum Gasteiger partial charge on any atom is -0.380 e. The van der Waals surface area contributed by atoms with Crippen LogP contribution in [-0.2, 0) is 9.53 Å². The van der Waals surface area contributed by atoms with Gasteiger partial charge in [0, 0.05) is 19.2 Å². The highest BCUT2D eigenvalue weighted by Crippen LogP contribution is 2.30. The predicted molar refractivity (Wildman–Crippen MR) is 74.5 cm³/mol. The Kier molecular flexibility index (Phi) is 4.81. The second-order valence-electron chi connectivity index (χ2n) is 6.27. The van der Waals surface area contributed by atoms with Crippen LogP contribution in [0.4, 0.5) is 0 Å². The molecule has 0 aromatic rings. The van der Waals surface area contributed by atoms with Crippen LogP contribution in [0.25, 0.3) is 0 Å². The van der Waals surface area contributed by atoms with E-state index in [1.807, 2.05) is 0 Å². The van der Waals surface area contributed by atoms with E-state index >= 15 is 0 Å². The zero-order chi connectivity index (χ0) is 13.9. The molecule has 2 fully saturated rings. The van der Waals surface area contributed by atoms with Gasteiger partial charge in [0.2, 0.25) is 5.91 Å². The van der Waals surface area contributed by atoms with Crippen LogP contribution in [0.1, 0.15) is 38.5 Å². The highest BCUT2D eigenvalue weighted by molar-refractivity contribution is 5.84. The Morgan fingerprint density at radius 3 is 2.79 bits per heavy atom. The number of primary amides is 1. The Morgan fingerprint density at radius 1 is 1.42 bits per heavy atom. The maximum atomic E-state index is 11.4. The number of hydrogen-bond donors (Lipinski definition) is 2. The zero-order valence-corrected chi connectivity index (χ0v) is 11.9. The van der Waals surface area contributed by atoms with Gasteiger partial charge >= 0.3 is 0 Å². The van der Waals surface area contributed by atoms with Gasteiger partial charge in [0.05, 0.1) is 12.1 Å². The Morgan fingerprint density at radius 2 is 2.16 bits per heavy atom. The van der Waals surface area contributed by atoms with E-state index in [0.29, 0.717) is 18.9 Å². The van der Waals surface area contributed by atoms with Crippen molar-refractivity contribution in [3.63, 3.8) is 0 Å². The summed E-state index contributed by atoms with van der Waals surface area (Å²) in [7, 11) is 2.08. The van der Waals surface area contributed by atoms with E-state index in [1.165, 1.54) is 12.8 Å². The number of carbonyl (C=O) groups is 1. The normalized spacial score (nSPS) is 31.6. The second-order valence-corrected chi connectivity index (χ2v) is 6.27. The third kappa shape index (κ3) is 4.16. The molecule has 19 heavy (non-hydrogen) atoms. The van der Waals surface area contributed by atoms with Crippen LogP contribution in [0.15, 0.2) is 0 Å². The quantitative estimate of drug-likeness (QED) is 0.658. The van der Waals surface area contributed by atoms with E-state index in [-0.39, 0.29) is 5.91 Å². The monoisotopic (exact) mass is 269 g/mol. The smallest absolute Gasteiger partial charge is 0.237 e. The van der Waals surface area contributed by atoms with Crippen molar-refractivity contribution in [1.82, 2.24) is 4.90 Å². The summed E-state index contributed by atoms with van der Waals surface area (Å²) in [6, 6.07) is 0.343. The SMILES string of the molecule is CN(CCOCC1CC1)C1CCCC(N)(C(N)=O)C1. The molecular formula is C14H27N3O2. The largest absolute Gasteiger partial charge is 0.380 e. The highest BCUT2D eigenvalue weighted by Gasteiger charge is 2.38. The molecular weight excluding hydrogens is 242 g/mol. The molecule has 4 N–H and O–H groups in total. The Labute approximate surface area is 115 Å². The molecule has 0 aromatic carbocycles. The fraction of sp³-hybridized carbons (Fsp3) is 0.929. The molecule has 0 aliphatic heterocycles. The first-order valence-electron chi connectivity index (χ1n) is 7.38. The van der Waals surface area contributed by atoms with E-state index in [1.54, 1.807) is 0 Å². The minimum atomic E-state index is -0.813. The van der Waals surface area contributed by atoms with Crippen molar-refractivity contribution < 1.29 is 9.53 Å². The molecule has 2 unspecified atom stereocenters. The van der Waals surface area contributed by atoms with Crippen molar-refractivity contribution in [2.45, 2.75) is 50.1 Å². The predicted octanol–water partition coefficient (Wildman–Crippen LogP) is 0.470. The summed E-state index contributed by atoms with van der Waals surface area (Å²) in [5.74, 6) is 0.446. The van der Waals surface area contributed by atoms with Gasteiger partial charge in [-0.15, -0.1) is 0 Å². The summed E-state index contributed by atoms with van der Waals surface area (Å²) in [5.41, 5.74) is 10.7. The van der Waals surface area contributed by atoms with Crippen LogP contribution in [-0.4, -0.2) is 49.2 Å². The Hall–Kier alpha value is -0.650. The van der Waals surface area contributed by atoms with Crippen molar-refractivity contribution in [2.75, 3.05) is 26.8 Å². The van der Waals surface area contributed by atoms with Gasteiger partial charge in [-0.1, -0.05) is 0 Å². The lowest BCUT2D eigenvalue weighted by atomic mass is 9.79. The molecule has 2 aliphatic rings. The standard InChI is InChI=1S/C14H27N3O2/c1-17(7-8-19-10-11-4-5-11)12-3-2-6-14(16,9-12)13(15)18/h11-12H,2-10,16H2,1H3,(H2,15,18). The molecule has 5 nitrogen and oxygen atoms in total. The van der Waals surface area contributed by atoms with Gasteiger partial charge in [0.25, 0.3) is 0 Å². The molecule has 0 radical (unpaired) electrons. The van der Waals surface area contributed by atoms with Gasteiger partial charge in [-0.2, -0.15) is 0 Å². The van der Waals surface area contributed by atoms with Gasteiger partial charge in [-0.25, -0.2) is 0 Å². The molecule has 2 saturated carbocycles. The Bertz CT molecular complexity index is 320. The third-order valence-corrected chi connectivity index (χ3v) is 4.51. The number of hydrogen-bond acceptors (Lipinski definition) is 4. The van der Waals surface area contributed by atoms with Gasteiger partial charge in [0.15, 0.2) is 0 Å². The van der Waals surface area contributed by atoms with Crippen molar-refractivity contribution in [2.24, 2.45) is 17.4 Å². The van der Waals surface area contributed by atoms with E-state index in [0.717, 1.165) is 38.5 Å². The summed E-state index contributed by atoms with van der Waals surface area (Å²) >= 11 is 0. The molecule has 110 valence electrons. The van der Waals surface area contributed by atoms with Crippen molar-refractivity contribution in [3.05, 3.63) is 0 Å². The van der Waals surface area contributed by atoms with Gasteiger partial charge in [0.1, 0.15) is 0 Å². The van der Waals surface area contributed by atoms with Gasteiger partial charge < -0.3 is 21.1 Å². The van der Waals surface area contributed by atoms with E-state index in [2.05, 4.69) is 11.9 Å². The molecule has 0 saturated heterocycles. The van der Waals surface area contributed by atoms with Crippen LogP contribution in [0.3, 0.4) is 0 Å². The highest BCUT2D eigenvalue weighted by atomic mass is 16.5. The first kappa shape index (κ1) is 14.8. The number of nitrogens with zero attached hydrogens (tertiary/aromatic N) is 1. The number of nitrogens with two attached hydrogens (primary N) is 2. The molecule has 0 aromatic heterocycles. The fourth-order valence-electron chi connectivity index (χ4n) is 2.80. The van der Waals surface area contributed by atoms with Crippen LogP contribution < -0.4 is 11.5 Å². The van der Waals surface area contributed by atoms with E-state index in [9.17, 15) is 4.79 Å². The summed E-state index contributed by atoms with van der Waals surface area (Å²) < 4.78 is 5.65. The molecule has 1 amide bonds. The van der Waals surface area contributed by atoms with Crippen LogP contribution in [0, 0.1) is 5.92 Å². The second kappa shape index (κ2) is 6.20. The lowest BCUT2D eigenvalue weighted by Gasteiger charge is -2.39. The lowest BCUT2D eigenvalue weighted by Crippen LogP contribution is -2.58. The molecule has 2 rings (SSSR count). The number of amides is 1. The lowest BCUT2D eigenvalue weighted by molar-refractivity contribution is -0.125. The molecule has 0 bridgehead atoms. The average molecular weight is 269 g/mol. The molecule has 0 spiro atoms. The third-order valence-electron chi connectivity index (χ3n) is 4.51. The van der Waals surface area contributed by atoms with Crippen LogP contribution in [0.2, 0.25) is 0 Å². The maximum absolute atomic E-state index is 11.4. The maximum Gasteiger partial charge on any atom is 0.237 e. The topological polar surface area (TPSA) is 81.6 Å². The number of rotatable bonds is 7. The van der Waals surface area contributed by atoms with Gasteiger partial charge in [-0.05, 0) is 51.5 Å². The first-order chi connectivity index (χ1) is 9.01. The first-order valence-corrected chi connectivity index (χ1v) is 7.38. The minimum absolute atomic E-state index is 0.343. The zero-order valence-electron chi connectivity index (χ0n) is 11.9. The summed E-state index contributed by atoms with van der Waals surface area (Å²) in [5, 5.41) is 0. The Balaban J connectivity index is 1.71. The summed E-state index contributed by atoms with van der Waals surface area (Å²) in [6.07, 6.45) is 6.09. The van der Waals surface area contributed by atoms with Gasteiger partial charge in [-0.3, -0.25) is 4.79 Å². The van der Waals surface area contributed by atoms with E-state index in [4.69, 9.17) is 16.2 Å². The van der Waals surface area contributed by atoms with E-state index < -0.39 is 5.54 Å². The van der Waals surface area contributed by atoms with Crippen molar-refractivity contribution in [3.8, 4) is 0 Å². The van der Waals surface area contributed by atoms with Crippen LogP contribution in [0.5, 0.6) is 0 Å². The number of likely N-dealkylation sites (N-methyl/N-ethyl adjacent to an activating group) is 1. The average Bonchev–Trinajstić information content (AvgIpc) is 3.18. The number of ether oxygens (including phenoxy) is 1. The van der Waals surface area contributed by atoms with Crippen LogP contribution >= 0.6 is 0 Å². The summed E-state index contributed by atoms with van der Waals surface area (Å²) in [6.45, 7) is 2.56. The molecule has 2 atom stereocenters. The van der Waals surface area contributed by atoms with Crippen molar-refractivity contribution in [1.29, 1.82) is 0 Å². The molecule has 5 heteroatoms.